The van der Waals surface area contributed by atoms with Crippen molar-refractivity contribution in [1.82, 2.24) is 5.32 Å². The summed E-state index contributed by atoms with van der Waals surface area (Å²) in [7, 11) is 1.63. The molecule has 104 valence electrons. The first-order valence-electron chi connectivity index (χ1n) is 6.73. The van der Waals surface area contributed by atoms with Crippen LogP contribution in [0, 0.1) is 0 Å². The Morgan fingerprint density at radius 2 is 1.90 bits per heavy atom. The molecule has 1 N–H and O–H groups in total. The van der Waals surface area contributed by atoms with Gasteiger partial charge >= 0.3 is 0 Å². The van der Waals surface area contributed by atoms with E-state index >= 15 is 0 Å². The lowest BCUT2D eigenvalue weighted by atomic mass is 9.99. The minimum absolute atomic E-state index is 0.0407. The summed E-state index contributed by atoms with van der Waals surface area (Å²) in [6, 6.07) is 15.7. The van der Waals surface area contributed by atoms with Gasteiger partial charge in [0.1, 0.15) is 5.75 Å². The molecule has 0 heterocycles. The normalized spacial score (nSPS) is 10.1. The highest BCUT2D eigenvalue weighted by Gasteiger charge is 2.12. The first-order chi connectivity index (χ1) is 9.74. The van der Waals surface area contributed by atoms with E-state index in [1.807, 2.05) is 43.3 Å². The number of ether oxygens (including phenoxy) is 1. The molecule has 0 spiro atoms. The van der Waals surface area contributed by atoms with E-state index in [-0.39, 0.29) is 5.91 Å². The lowest BCUT2D eigenvalue weighted by Crippen LogP contribution is -2.24. The van der Waals surface area contributed by atoms with Gasteiger partial charge in [-0.3, -0.25) is 4.79 Å². The number of amides is 1. The van der Waals surface area contributed by atoms with Crippen molar-refractivity contribution in [2.45, 2.75) is 13.3 Å². The second-order valence-electron chi connectivity index (χ2n) is 4.54. The Labute approximate surface area is 119 Å². The summed E-state index contributed by atoms with van der Waals surface area (Å²) in [6.45, 7) is 2.54. The fraction of sp³-hybridized carbons (Fsp3) is 0.235. The maximum absolute atomic E-state index is 12.1. The lowest BCUT2D eigenvalue weighted by Gasteiger charge is -2.11. The standard InChI is InChI=1S/C17H19NO2/c1-3-18-17(19)16-10-9-15(20-2)12-14(16)11-13-7-5-4-6-8-13/h4-10,12H,3,11H2,1-2H3,(H,18,19). The molecule has 2 rings (SSSR count). The van der Waals surface area contributed by atoms with Crippen molar-refractivity contribution in [2.75, 3.05) is 13.7 Å². The summed E-state index contributed by atoms with van der Waals surface area (Å²) in [5, 5.41) is 2.85. The van der Waals surface area contributed by atoms with E-state index in [4.69, 9.17) is 4.74 Å². The SMILES string of the molecule is CCNC(=O)c1ccc(OC)cc1Cc1ccccc1. The average Bonchev–Trinajstić information content (AvgIpc) is 2.48. The summed E-state index contributed by atoms with van der Waals surface area (Å²) in [4.78, 5) is 12.1. The molecule has 0 aliphatic carbocycles. The van der Waals surface area contributed by atoms with E-state index in [2.05, 4.69) is 17.4 Å². The van der Waals surface area contributed by atoms with E-state index in [0.717, 1.165) is 11.3 Å². The smallest absolute Gasteiger partial charge is 0.251 e. The van der Waals surface area contributed by atoms with E-state index in [0.29, 0.717) is 18.5 Å². The molecular weight excluding hydrogens is 250 g/mol. The Morgan fingerprint density at radius 1 is 1.15 bits per heavy atom. The highest BCUT2D eigenvalue weighted by molar-refractivity contribution is 5.96. The maximum Gasteiger partial charge on any atom is 0.251 e. The van der Waals surface area contributed by atoms with Crippen LogP contribution in [0.1, 0.15) is 28.4 Å². The zero-order valence-corrected chi connectivity index (χ0v) is 11.8. The predicted molar refractivity (Wildman–Crippen MR) is 80.2 cm³/mol. The third kappa shape index (κ3) is 3.38. The lowest BCUT2D eigenvalue weighted by molar-refractivity contribution is 0.0955. The Hall–Kier alpha value is -2.29. The molecule has 2 aromatic carbocycles. The van der Waals surface area contributed by atoms with E-state index in [9.17, 15) is 4.79 Å². The van der Waals surface area contributed by atoms with Crippen LogP contribution in [-0.4, -0.2) is 19.6 Å². The van der Waals surface area contributed by atoms with Gasteiger partial charge in [0.15, 0.2) is 0 Å². The van der Waals surface area contributed by atoms with Crippen molar-refractivity contribution in [3.63, 3.8) is 0 Å². The van der Waals surface area contributed by atoms with Crippen molar-refractivity contribution in [1.29, 1.82) is 0 Å². The van der Waals surface area contributed by atoms with Crippen LogP contribution in [0.25, 0.3) is 0 Å². The zero-order valence-electron chi connectivity index (χ0n) is 11.8. The molecule has 0 radical (unpaired) electrons. The number of carbonyl (C=O) groups is 1. The molecule has 0 unspecified atom stereocenters. The number of carbonyl (C=O) groups excluding carboxylic acids is 1. The van der Waals surface area contributed by atoms with Crippen LogP contribution in [0.2, 0.25) is 0 Å². The number of methoxy groups -OCH3 is 1. The van der Waals surface area contributed by atoms with Crippen LogP contribution >= 0.6 is 0 Å². The van der Waals surface area contributed by atoms with Crippen LogP contribution in [0.4, 0.5) is 0 Å². The minimum Gasteiger partial charge on any atom is -0.497 e. The number of rotatable bonds is 5. The molecule has 2 aromatic rings. The Balaban J connectivity index is 2.34. The molecule has 0 bridgehead atoms. The van der Waals surface area contributed by atoms with E-state index in [1.54, 1.807) is 7.11 Å². The molecule has 0 saturated heterocycles. The second-order valence-corrected chi connectivity index (χ2v) is 4.54. The second kappa shape index (κ2) is 6.75. The quantitative estimate of drug-likeness (QED) is 0.906. The first kappa shape index (κ1) is 14.1. The van der Waals surface area contributed by atoms with Crippen molar-refractivity contribution < 1.29 is 9.53 Å². The predicted octanol–water partition coefficient (Wildman–Crippen LogP) is 3.04. The van der Waals surface area contributed by atoms with Crippen LogP contribution < -0.4 is 10.1 Å². The monoisotopic (exact) mass is 269 g/mol. The van der Waals surface area contributed by atoms with Crippen molar-refractivity contribution in [3.8, 4) is 5.75 Å². The molecule has 0 atom stereocenters. The molecule has 1 amide bonds. The largest absolute Gasteiger partial charge is 0.497 e. The fourth-order valence-electron chi connectivity index (χ4n) is 2.14. The average molecular weight is 269 g/mol. The van der Waals surface area contributed by atoms with Gasteiger partial charge in [-0.05, 0) is 42.7 Å². The number of hydrogen-bond donors (Lipinski definition) is 1. The molecule has 3 heteroatoms. The van der Waals surface area contributed by atoms with Gasteiger partial charge < -0.3 is 10.1 Å². The van der Waals surface area contributed by atoms with Gasteiger partial charge in [0.25, 0.3) is 5.91 Å². The number of hydrogen-bond acceptors (Lipinski definition) is 2. The van der Waals surface area contributed by atoms with Crippen molar-refractivity contribution >= 4 is 5.91 Å². The minimum atomic E-state index is -0.0407. The number of benzene rings is 2. The first-order valence-corrected chi connectivity index (χ1v) is 6.73. The van der Waals surface area contributed by atoms with Gasteiger partial charge in [0.2, 0.25) is 0 Å². The van der Waals surface area contributed by atoms with Gasteiger partial charge in [0, 0.05) is 12.1 Å². The molecule has 20 heavy (non-hydrogen) atoms. The van der Waals surface area contributed by atoms with E-state index < -0.39 is 0 Å². The molecule has 3 nitrogen and oxygen atoms in total. The Bertz CT molecular complexity index is 579. The Morgan fingerprint density at radius 3 is 2.55 bits per heavy atom. The molecule has 0 saturated carbocycles. The summed E-state index contributed by atoms with van der Waals surface area (Å²) in [5.41, 5.74) is 2.85. The van der Waals surface area contributed by atoms with Crippen LogP contribution in [0.3, 0.4) is 0 Å². The Kier molecular flexibility index (Phi) is 4.77. The van der Waals surface area contributed by atoms with Gasteiger partial charge in [-0.1, -0.05) is 30.3 Å². The zero-order chi connectivity index (χ0) is 14.4. The fourth-order valence-corrected chi connectivity index (χ4v) is 2.14. The molecule has 0 aliphatic rings. The summed E-state index contributed by atoms with van der Waals surface area (Å²) in [6.07, 6.45) is 0.713. The summed E-state index contributed by atoms with van der Waals surface area (Å²) < 4.78 is 5.26. The molecule has 0 fully saturated rings. The maximum atomic E-state index is 12.1. The van der Waals surface area contributed by atoms with E-state index in [1.165, 1.54) is 5.56 Å². The van der Waals surface area contributed by atoms with Gasteiger partial charge in [0.05, 0.1) is 7.11 Å². The molecule has 0 aliphatic heterocycles. The highest BCUT2D eigenvalue weighted by atomic mass is 16.5. The van der Waals surface area contributed by atoms with Crippen molar-refractivity contribution in [2.24, 2.45) is 0 Å². The third-order valence-electron chi connectivity index (χ3n) is 3.13. The summed E-state index contributed by atoms with van der Waals surface area (Å²) >= 11 is 0. The highest BCUT2D eigenvalue weighted by Crippen LogP contribution is 2.21. The van der Waals surface area contributed by atoms with Gasteiger partial charge in [-0.25, -0.2) is 0 Å². The van der Waals surface area contributed by atoms with Crippen LogP contribution in [-0.2, 0) is 6.42 Å². The third-order valence-corrected chi connectivity index (χ3v) is 3.13. The topological polar surface area (TPSA) is 38.3 Å². The van der Waals surface area contributed by atoms with Crippen molar-refractivity contribution in [3.05, 3.63) is 65.2 Å². The van der Waals surface area contributed by atoms with Crippen LogP contribution in [0.15, 0.2) is 48.5 Å². The van der Waals surface area contributed by atoms with Crippen LogP contribution in [0.5, 0.6) is 5.75 Å². The summed E-state index contributed by atoms with van der Waals surface area (Å²) in [5.74, 6) is 0.727. The van der Waals surface area contributed by atoms with Gasteiger partial charge in [-0.2, -0.15) is 0 Å². The molecular formula is C17H19NO2. The van der Waals surface area contributed by atoms with Gasteiger partial charge in [-0.15, -0.1) is 0 Å². The number of nitrogens with one attached hydrogen (secondary N) is 1. The molecule has 0 aromatic heterocycles.